The number of thiazole rings is 1. The van der Waals surface area contributed by atoms with Crippen LogP contribution in [-0.2, 0) is 16.0 Å². The second kappa shape index (κ2) is 8.89. The molecule has 152 valence electrons. The molecule has 0 spiro atoms. The number of hydrogen-bond acceptors (Lipinski definition) is 5. The number of carbonyl (C=O) groups is 2. The standard InChI is InChI=1S/C22H18FN3O2S2/c1-13-6-8-14(9-7-13)17-12-29-20(25-17)11-21-26-22(28)18(30-21)10-19(27)24-16-5-3-2-4-15(16)23/h2-9,12,18H,10-11H2,1H3,(H,24,27)/t18-/m0/s1. The molecule has 0 saturated carbocycles. The summed E-state index contributed by atoms with van der Waals surface area (Å²) in [5.74, 6) is -1.27. The second-order valence-corrected chi connectivity index (χ2v) is 9.07. The minimum absolute atomic E-state index is 0.0582. The predicted octanol–water partition coefficient (Wildman–Crippen LogP) is 4.87. The van der Waals surface area contributed by atoms with Crippen molar-refractivity contribution in [3.8, 4) is 11.3 Å². The van der Waals surface area contributed by atoms with Crippen molar-refractivity contribution in [2.24, 2.45) is 4.99 Å². The molecule has 0 radical (unpaired) electrons. The summed E-state index contributed by atoms with van der Waals surface area (Å²) in [6.07, 6.45) is 0.398. The van der Waals surface area contributed by atoms with Gasteiger partial charge >= 0.3 is 0 Å². The average Bonchev–Trinajstić information content (AvgIpc) is 3.31. The Morgan fingerprint density at radius 1 is 1.17 bits per heavy atom. The molecule has 0 bridgehead atoms. The number of carbonyl (C=O) groups excluding carboxylic acids is 2. The van der Waals surface area contributed by atoms with Crippen molar-refractivity contribution < 1.29 is 14.0 Å². The molecule has 5 nitrogen and oxygen atoms in total. The van der Waals surface area contributed by atoms with Crippen molar-refractivity contribution in [3.05, 3.63) is 70.3 Å². The van der Waals surface area contributed by atoms with Gasteiger partial charge in [-0.1, -0.05) is 53.7 Å². The van der Waals surface area contributed by atoms with E-state index in [1.54, 1.807) is 12.1 Å². The van der Waals surface area contributed by atoms with Gasteiger partial charge in [-0.3, -0.25) is 9.59 Å². The first kappa shape index (κ1) is 20.4. The Morgan fingerprint density at radius 3 is 2.70 bits per heavy atom. The molecule has 1 N–H and O–H groups in total. The van der Waals surface area contributed by atoms with Crippen LogP contribution in [0.25, 0.3) is 11.3 Å². The molecule has 3 aromatic rings. The fraction of sp³-hybridized carbons (Fsp3) is 0.182. The first-order valence-corrected chi connectivity index (χ1v) is 11.1. The van der Waals surface area contributed by atoms with Gasteiger partial charge in [-0.05, 0) is 19.1 Å². The largest absolute Gasteiger partial charge is 0.324 e. The Hall–Kier alpha value is -2.84. The van der Waals surface area contributed by atoms with Crippen LogP contribution in [0.5, 0.6) is 0 Å². The van der Waals surface area contributed by atoms with Gasteiger partial charge in [0.1, 0.15) is 11.1 Å². The monoisotopic (exact) mass is 439 g/mol. The highest BCUT2D eigenvalue weighted by atomic mass is 32.2. The lowest BCUT2D eigenvalue weighted by Gasteiger charge is -2.08. The number of hydrogen-bond donors (Lipinski definition) is 1. The normalized spacial score (nSPS) is 15.9. The van der Waals surface area contributed by atoms with Gasteiger partial charge in [0.05, 0.1) is 21.4 Å². The number of rotatable bonds is 6. The number of anilines is 1. The number of nitrogens with one attached hydrogen (secondary N) is 1. The van der Waals surface area contributed by atoms with Crippen LogP contribution >= 0.6 is 23.1 Å². The van der Waals surface area contributed by atoms with E-state index in [9.17, 15) is 14.0 Å². The molecule has 1 aliphatic heterocycles. The van der Waals surface area contributed by atoms with Gasteiger partial charge in [-0.2, -0.15) is 0 Å². The topological polar surface area (TPSA) is 71.4 Å². The predicted molar refractivity (Wildman–Crippen MR) is 119 cm³/mol. The fourth-order valence-electron chi connectivity index (χ4n) is 2.96. The second-order valence-electron chi connectivity index (χ2n) is 6.85. The lowest BCUT2D eigenvalue weighted by molar-refractivity contribution is -0.121. The summed E-state index contributed by atoms with van der Waals surface area (Å²) in [5, 5.41) is 5.41. The summed E-state index contributed by atoms with van der Waals surface area (Å²) in [4.78, 5) is 33.2. The van der Waals surface area contributed by atoms with Crippen molar-refractivity contribution in [3.63, 3.8) is 0 Å². The van der Waals surface area contributed by atoms with E-state index in [0.717, 1.165) is 16.3 Å². The van der Waals surface area contributed by atoms with Crippen LogP contribution in [0.2, 0.25) is 0 Å². The molecule has 8 heteroatoms. The maximum Gasteiger partial charge on any atom is 0.260 e. The Labute approximate surface area is 181 Å². The molecular formula is C22H18FN3O2S2. The van der Waals surface area contributed by atoms with E-state index >= 15 is 0 Å². The lowest BCUT2D eigenvalue weighted by Crippen LogP contribution is -2.21. The number of thioether (sulfide) groups is 1. The van der Waals surface area contributed by atoms with E-state index in [2.05, 4.69) is 15.3 Å². The van der Waals surface area contributed by atoms with Gasteiger partial charge in [-0.25, -0.2) is 14.4 Å². The first-order chi connectivity index (χ1) is 14.5. The number of aryl methyl sites for hydroxylation is 1. The molecular weight excluding hydrogens is 421 g/mol. The first-order valence-electron chi connectivity index (χ1n) is 9.32. The van der Waals surface area contributed by atoms with Gasteiger partial charge < -0.3 is 5.32 Å². The molecule has 2 amide bonds. The highest BCUT2D eigenvalue weighted by Gasteiger charge is 2.31. The number of aromatic nitrogens is 1. The molecule has 0 fully saturated rings. The minimum atomic E-state index is -0.594. The van der Waals surface area contributed by atoms with Crippen LogP contribution in [0.15, 0.2) is 58.9 Å². The van der Waals surface area contributed by atoms with Crippen molar-refractivity contribution in [2.75, 3.05) is 5.32 Å². The zero-order valence-corrected chi connectivity index (χ0v) is 17.7. The summed E-state index contributed by atoms with van der Waals surface area (Å²) in [6, 6.07) is 14.1. The van der Waals surface area contributed by atoms with E-state index in [1.807, 2.05) is 36.6 Å². The van der Waals surface area contributed by atoms with Crippen molar-refractivity contribution in [1.82, 2.24) is 4.98 Å². The summed E-state index contributed by atoms with van der Waals surface area (Å²) in [5.41, 5.74) is 3.23. The van der Waals surface area contributed by atoms with Crippen LogP contribution in [-0.4, -0.2) is 27.1 Å². The van der Waals surface area contributed by atoms with Gasteiger partial charge in [0.15, 0.2) is 0 Å². The Kier molecular flexibility index (Phi) is 6.06. The van der Waals surface area contributed by atoms with E-state index < -0.39 is 17.0 Å². The Bertz CT molecular complexity index is 1130. The van der Waals surface area contributed by atoms with Gasteiger partial charge in [0, 0.05) is 23.8 Å². The van der Waals surface area contributed by atoms with Gasteiger partial charge in [-0.15, -0.1) is 11.3 Å². The molecule has 30 heavy (non-hydrogen) atoms. The smallest absolute Gasteiger partial charge is 0.260 e. The van der Waals surface area contributed by atoms with E-state index in [4.69, 9.17) is 0 Å². The molecule has 0 aliphatic carbocycles. The molecule has 1 atom stereocenters. The summed E-state index contributed by atoms with van der Waals surface area (Å²) < 4.78 is 13.7. The summed E-state index contributed by atoms with van der Waals surface area (Å²) >= 11 is 2.79. The molecule has 1 aromatic heterocycles. The molecule has 2 heterocycles. The number of amides is 2. The highest BCUT2D eigenvalue weighted by molar-refractivity contribution is 8.15. The molecule has 2 aromatic carbocycles. The lowest BCUT2D eigenvalue weighted by atomic mass is 10.1. The summed E-state index contributed by atoms with van der Waals surface area (Å²) in [7, 11) is 0. The van der Waals surface area contributed by atoms with Gasteiger partial charge in [0.2, 0.25) is 5.91 Å². The SMILES string of the molecule is Cc1ccc(-c2csc(CC3=NC(=O)[C@H](CC(=O)Nc4ccccc4F)S3)n2)cc1. The van der Waals surface area contributed by atoms with Crippen LogP contribution in [0.1, 0.15) is 17.0 Å². The zero-order valence-electron chi connectivity index (χ0n) is 16.1. The summed E-state index contributed by atoms with van der Waals surface area (Å²) in [6.45, 7) is 2.04. The van der Waals surface area contributed by atoms with Crippen molar-refractivity contribution in [1.29, 1.82) is 0 Å². The van der Waals surface area contributed by atoms with Crippen LogP contribution in [0.3, 0.4) is 0 Å². The zero-order chi connectivity index (χ0) is 21.1. The molecule has 0 saturated heterocycles. The fourth-order valence-corrected chi connectivity index (χ4v) is 4.93. The van der Waals surface area contributed by atoms with Crippen LogP contribution < -0.4 is 5.32 Å². The van der Waals surface area contributed by atoms with E-state index in [1.165, 1.54) is 40.8 Å². The third kappa shape index (κ3) is 4.83. The number of nitrogens with zero attached hydrogens (tertiary/aromatic N) is 2. The van der Waals surface area contributed by atoms with Crippen molar-refractivity contribution in [2.45, 2.75) is 25.0 Å². The minimum Gasteiger partial charge on any atom is -0.324 e. The van der Waals surface area contributed by atoms with E-state index in [-0.39, 0.29) is 18.0 Å². The number of halogens is 1. The van der Waals surface area contributed by atoms with E-state index in [0.29, 0.717) is 11.5 Å². The maximum absolute atomic E-state index is 13.7. The Morgan fingerprint density at radius 2 is 1.93 bits per heavy atom. The average molecular weight is 440 g/mol. The number of benzene rings is 2. The molecule has 4 rings (SSSR count). The van der Waals surface area contributed by atoms with Crippen LogP contribution in [0, 0.1) is 12.7 Å². The number of aliphatic imine (C=N–C) groups is 1. The molecule has 0 unspecified atom stereocenters. The number of para-hydroxylation sites is 1. The third-order valence-electron chi connectivity index (χ3n) is 4.51. The third-order valence-corrected chi connectivity index (χ3v) is 6.52. The van der Waals surface area contributed by atoms with Crippen LogP contribution in [0.4, 0.5) is 10.1 Å². The molecule has 1 aliphatic rings. The quantitative estimate of drug-likeness (QED) is 0.595. The Balaban J connectivity index is 1.34. The van der Waals surface area contributed by atoms with Gasteiger partial charge in [0.25, 0.3) is 5.91 Å². The van der Waals surface area contributed by atoms with Crippen molar-refractivity contribution >= 4 is 45.6 Å². The highest BCUT2D eigenvalue weighted by Crippen LogP contribution is 2.30. The maximum atomic E-state index is 13.7.